The maximum atomic E-state index is 12.8. The summed E-state index contributed by atoms with van der Waals surface area (Å²) in [5, 5.41) is 2.96. The average Bonchev–Trinajstić information content (AvgIpc) is 2.18. The fourth-order valence-corrected chi connectivity index (χ4v) is 1.34. The molecule has 15 heavy (non-hydrogen) atoms. The normalized spacial score (nSPS) is 12.5. The molecule has 1 aromatic rings. The molecule has 5 heteroatoms. The quantitative estimate of drug-likeness (QED) is 0.826. The lowest BCUT2D eigenvalue weighted by molar-refractivity contribution is -0.117. The van der Waals surface area contributed by atoms with Gasteiger partial charge in [0.05, 0.1) is 11.6 Å². The van der Waals surface area contributed by atoms with E-state index in [1.807, 2.05) is 6.92 Å². The maximum absolute atomic E-state index is 12.8. The number of rotatable bonds is 4. The molecular weight excluding hydrogens is 219 g/mol. The summed E-state index contributed by atoms with van der Waals surface area (Å²) in [6.07, 6.45) is 0. The van der Waals surface area contributed by atoms with Gasteiger partial charge in [-0.3, -0.25) is 4.79 Å². The van der Waals surface area contributed by atoms with Gasteiger partial charge >= 0.3 is 0 Å². The van der Waals surface area contributed by atoms with Gasteiger partial charge in [-0.05, 0) is 24.6 Å². The Hall–Kier alpha value is -1.13. The summed E-state index contributed by atoms with van der Waals surface area (Å²) >= 11 is 5.63. The molecule has 1 amide bonds. The van der Waals surface area contributed by atoms with Gasteiger partial charge in [0, 0.05) is 6.04 Å². The third-order valence-corrected chi connectivity index (χ3v) is 2.32. The van der Waals surface area contributed by atoms with E-state index in [2.05, 4.69) is 5.32 Å². The average molecular weight is 231 g/mol. The first-order chi connectivity index (χ1) is 7.00. The lowest BCUT2D eigenvalue weighted by Crippen LogP contribution is -2.30. The van der Waals surface area contributed by atoms with Gasteiger partial charge in [0.15, 0.2) is 0 Å². The number of carbonyl (C=O) groups is 1. The van der Waals surface area contributed by atoms with Crippen LogP contribution in [-0.4, -0.2) is 12.5 Å². The van der Waals surface area contributed by atoms with Crippen molar-refractivity contribution in [3.05, 3.63) is 34.6 Å². The molecule has 0 bridgehead atoms. The van der Waals surface area contributed by atoms with E-state index in [-0.39, 0.29) is 17.6 Å². The van der Waals surface area contributed by atoms with Crippen LogP contribution in [0.5, 0.6) is 0 Å². The summed E-state index contributed by atoms with van der Waals surface area (Å²) in [7, 11) is 0. The Labute approximate surface area is 92.4 Å². The molecule has 3 N–H and O–H groups in total. The van der Waals surface area contributed by atoms with Gasteiger partial charge < -0.3 is 11.1 Å². The highest BCUT2D eigenvalue weighted by molar-refractivity contribution is 6.30. The van der Waals surface area contributed by atoms with Crippen molar-refractivity contribution in [3.8, 4) is 0 Å². The van der Waals surface area contributed by atoms with Crippen LogP contribution in [0.1, 0.15) is 18.5 Å². The molecule has 0 saturated carbocycles. The van der Waals surface area contributed by atoms with Crippen molar-refractivity contribution in [2.75, 3.05) is 6.54 Å². The number of amides is 1. The Morgan fingerprint density at radius 2 is 2.33 bits per heavy atom. The molecule has 0 aromatic heterocycles. The fourth-order valence-electron chi connectivity index (χ4n) is 1.15. The van der Waals surface area contributed by atoms with Crippen LogP contribution in [0.2, 0.25) is 5.02 Å². The molecule has 0 fully saturated rings. The first kappa shape index (κ1) is 11.9. The number of halogens is 2. The molecule has 0 heterocycles. The summed E-state index contributed by atoms with van der Waals surface area (Å²) in [6.45, 7) is 1.92. The first-order valence-corrected chi connectivity index (χ1v) is 4.85. The maximum Gasteiger partial charge on any atom is 0.231 e. The second kappa shape index (κ2) is 5.09. The van der Waals surface area contributed by atoms with Crippen LogP contribution in [0.3, 0.4) is 0 Å². The van der Waals surface area contributed by atoms with Crippen LogP contribution < -0.4 is 11.1 Å². The van der Waals surface area contributed by atoms with Crippen molar-refractivity contribution < 1.29 is 9.18 Å². The third kappa shape index (κ3) is 3.49. The van der Waals surface area contributed by atoms with Gasteiger partial charge in [-0.15, -0.1) is 0 Å². The SMILES string of the molecule is CC(NCC(N)=O)c1ccc(F)c(Cl)c1. The first-order valence-electron chi connectivity index (χ1n) is 4.47. The molecule has 0 radical (unpaired) electrons. The van der Waals surface area contributed by atoms with E-state index in [0.29, 0.717) is 0 Å². The van der Waals surface area contributed by atoms with Gasteiger partial charge in [0.2, 0.25) is 5.91 Å². The molecule has 0 aliphatic carbocycles. The van der Waals surface area contributed by atoms with E-state index in [4.69, 9.17) is 17.3 Å². The van der Waals surface area contributed by atoms with Gasteiger partial charge in [0.1, 0.15) is 5.82 Å². The predicted molar refractivity (Wildman–Crippen MR) is 57.0 cm³/mol. The molecule has 1 aromatic carbocycles. The lowest BCUT2D eigenvalue weighted by atomic mass is 10.1. The number of nitrogens with two attached hydrogens (primary N) is 1. The molecule has 0 aliphatic rings. The minimum absolute atomic E-state index is 0.0697. The highest BCUT2D eigenvalue weighted by atomic mass is 35.5. The minimum atomic E-state index is -0.456. The van der Waals surface area contributed by atoms with Gasteiger partial charge in [-0.1, -0.05) is 17.7 Å². The molecule has 1 unspecified atom stereocenters. The topological polar surface area (TPSA) is 55.1 Å². The Balaban J connectivity index is 2.69. The summed E-state index contributed by atoms with van der Waals surface area (Å²) in [6, 6.07) is 4.32. The van der Waals surface area contributed by atoms with Crippen LogP contribution in [-0.2, 0) is 4.79 Å². The Morgan fingerprint density at radius 1 is 1.67 bits per heavy atom. The monoisotopic (exact) mass is 230 g/mol. The van der Waals surface area contributed by atoms with Crippen LogP contribution >= 0.6 is 11.6 Å². The van der Waals surface area contributed by atoms with E-state index in [1.165, 1.54) is 12.1 Å². The Kier molecular flexibility index (Phi) is 4.05. The molecule has 0 aliphatic heterocycles. The van der Waals surface area contributed by atoms with Gasteiger partial charge in [0.25, 0.3) is 0 Å². The third-order valence-electron chi connectivity index (χ3n) is 2.03. The highest BCUT2D eigenvalue weighted by Crippen LogP contribution is 2.20. The van der Waals surface area contributed by atoms with Crippen LogP contribution in [0.15, 0.2) is 18.2 Å². The largest absolute Gasteiger partial charge is 0.369 e. The van der Waals surface area contributed by atoms with Crippen LogP contribution in [0.25, 0.3) is 0 Å². The van der Waals surface area contributed by atoms with E-state index in [1.54, 1.807) is 6.07 Å². The van der Waals surface area contributed by atoms with Gasteiger partial charge in [-0.25, -0.2) is 4.39 Å². The van der Waals surface area contributed by atoms with E-state index >= 15 is 0 Å². The molecule has 82 valence electrons. The standard InChI is InChI=1S/C10H12ClFN2O/c1-6(14-5-10(13)15)7-2-3-9(12)8(11)4-7/h2-4,6,14H,5H2,1H3,(H2,13,15). The van der Waals surface area contributed by atoms with Crippen molar-refractivity contribution in [2.45, 2.75) is 13.0 Å². The Bertz CT molecular complexity index is 370. The molecule has 1 atom stereocenters. The minimum Gasteiger partial charge on any atom is -0.369 e. The van der Waals surface area contributed by atoms with E-state index in [9.17, 15) is 9.18 Å². The van der Waals surface area contributed by atoms with E-state index < -0.39 is 11.7 Å². The second-order valence-electron chi connectivity index (χ2n) is 3.24. The highest BCUT2D eigenvalue weighted by Gasteiger charge is 2.08. The lowest BCUT2D eigenvalue weighted by Gasteiger charge is -2.13. The van der Waals surface area contributed by atoms with Crippen molar-refractivity contribution in [2.24, 2.45) is 5.73 Å². The zero-order valence-electron chi connectivity index (χ0n) is 8.26. The van der Waals surface area contributed by atoms with Crippen molar-refractivity contribution in [1.29, 1.82) is 0 Å². The Morgan fingerprint density at radius 3 is 2.87 bits per heavy atom. The van der Waals surface area contributed by atoms with Gasteiger partial charge in [-0.2, -0.15) is 0 Å². The summed E-state index contributed by atoms with van der Waals surface area (Å²) in [5.41, 5.74) is 5.79. The number of hydrogen-bond donors (Lipinski definition) is 2. The molecule has 0 saturated heterocycles. The molecular formula is C10H12ClFN2O. The van der Waals surface area contributed by atoms with Crippen LogP contribution in [0, 0.1) is 5.82 Å². The van der Waals surface area contributed by atoms with Crippen molar-refractivity contribution in [3.63, 3.8) is 0 Å². The number of benzene rings is 1. The number of nitrogens with one attached hydrogen (secondary N) is 1. The number of primary amides is 1. The van der Waals surface area contributed by atoms with Crippen molar-refractivity contribution >= 4 is 17.5 Å². The molecule has 3 nitrogen and oxygen atoms in total. The second-order valence-corrected chi connectivity index (χ2v) is 3.65. The molecule has 1 rings (SSSR count). The zero-order chi connectivity index (χ0) is 11.4. The summed E-state index contributed by atoms with van der Waals surface area (Å²) in [4.78, 5) is 10.5. The summed E-state index contributed by atoms with van der Waals surface area (Å²) < 4.78 is 12.8. The number of hydrogen-bond acceptors (Lipinski definition) is 2. The smallest absolute Gasteiger partial charge is 0.231 e. The van der Waals surface area contributed by atoms with Crippen molar-refractivity contribution in [1.82, 2.24) is 5.32 Å². The fraction of sp³-hybridized carbons (Fsp3) is 0.300. The van der Waals surface area contributed by atoms with Crippen LogP contribution in [0.4, 0.5) is 4.39 Å². The number of carbonyl (C=O) groups excluding carboxylic acids is 1. The zero-order valence-corrected chi connectivity index (χ0v) is 9.01. The predicted octanol–water partition coefficient (Wildman–Crippen LogP) is 1.61. The van der Waals surface area contributed by atoms with E-state index in [0.717, 1.165) is 5.56 Å². The molecule has 0 spiro atoms. The summed E-state index contributed by atoms with van der Waals surface area (Å²) in [5.74, 6) is -0.891.